The molecule has 0 aromatic heterocycles. The van der Waals surface area contributed by atoms with Crippen molar-refractivity contribution >= 4 is 0 Å². The van der Waals surface area contributed by atoms with E-state index in [0.717, 1.165) is 0 Å². The van der Waals surface area contributed by atoms with Gasteiger partial charge in [0.2, 0.25) is 0 Å². The molecule has 1 atom stereocenters. The molecule has 1 aromatic carbocycles. The molecule has 18 heavy (non-hydrogen) atoms. The lowest BCUT2D eigenvalue weighted by molar-refractivity contribution is 0.231. The average Bonchev–Trinajstić information content (AvgIpc) is 2.46. The molecule has 0 radical (unpaired) electrons. The molecule has 0 bridgehead atoms. The first-order valence-electron chi connectivity index (χ1n) is 7.61. The molecule has 0 saturated heterocycles. The smallest absolute Gasteiger partial charge is 0.0136 e. The minimum absolute atomic E-state index is 0.259. The first-order valence-corrected chi connectivity index (χ1v) is 7.61. The maximum atomic E-state index is 6.60. The highest BCUT2D eigenvalue weighted by atomic mass is 14.7. The molecule has 1 heteroatoms. The summed E-state index contributed by atoms with van der Waals surface area (Å²) in [6.07, 6.45) is 10.3. The van der Waals surface area contributed by atoms with Crippen molar-refractivity contribution in [1.82, 2.24) is 0 Å². The lowest BCUT2D eigenvalue weighted by atomic mass is 9.64. The van der Waals surface area contributed by atoms with E-state index in [-0.39, 0.29) is 5.41 Å². The number of hydrogen-bond donors (Lipinski definition) is 1. The average molecular weight is 245 g/mol. The predicted octanol–water partition coefficient (Wildman–Crippen LogP) is 4.41. The van der Waals surface area contributed by atoms with Crippen molar-refractivity contribution < 1.29 is 0 Å². The van der Waals surface area contributed by atoms with Gasteiger partial charge in [-0.05, 0) is 24.8 Å². The summed E-state index contributed by atoms with van der Waals surface area (Å²) in [5.41, 5.74) is 8.34. The quantitative estimate of drug-likeness (QED) is 0.817. The Morgan fingerprint density at radius 2 is 1.78 bits per heavy atom. The third-order valence-corrected chi connectivity index (χ3v) is 4.67. The van der Waals surface area contributed by atoms with E-state index in [1.54, 1.807) is 0 Å². The second-order valence-corrected chi connectivity index (χ2v) is 5.83. The first-order chi connectivity index (χ1) is 8.79. The fraction of sp³-hybridized carbons (Fsp3) is 0.647. The zero-order valence-corrected chi connectivity index (χ0v) is 11.7. The summed E-state index contributed by atoms with van der Waals surface area (Å²) < 4.78 is 0. The molecule has 2 N–H and O–H groups in total. The lowest BCUT2D eigenvalue weighted by Crippen LogP contribution is -2.46. The molecule has 1 aromatic rings. The van der Waals surface area contributed by atoms with Crippen LogP contribution in [0.25, 0.3) is 0 Å². The highest BCUT2D eigenvalue weighted by Gasteiger charge is 2.38. The molecule has 1 aliphatic carbocycles. The third-order valence-electron chi connectivity index (χ3n) is 4.67. The van der Waals surface area contributed by atoms with Gasteiger partial charge in [-0.1, -0.05) is 69.4 Å². The van der Waals surface area contributed by atoms with Crippen molar-refractivity contribution in [3.63, 3.8) is 0 Å². The molecule has 100 valence electrons. The van der Waals surface area contributed by atoms with Crippen molar-refractivity contribution in [1.29, 1.82) is 0 Å². The molecular formula is C17H27N. The van der Waals surface area contributed by atoms with Crippen molar-refractivity contribution in [3.05, 3.63) is 35.9 Å². The van der Waals surface area contributed by atoms with Crippen LogP contribution in [-0.4, -0.2) is 6.04 Å². The summed E-state index contributed by atoms with van der Waals surface area (Å²) >= 11 is 0. The van der Waals surface area contributed by atoms with Gasteiger partial charge in [-0.15, -0.1) is 0 Å². The van der Waals surface area contributed by atoms with E-state index < -0.39 is 0 Å². The SMILES string of the molecule is CCCCC(N)C1(c2ccccc2)CCCCC1. The van der Waals surface area contributed by atoms with Crippen molar-refractivity contribution in [3.8, 4) is 0 Å². The minimum Gasteiger partial charge on any atom is -0.327 e. The lowest BCUT2D eigenvalue weighted by Gasteiger charge is -2.43. The summed E-state index contributed by atoms with van der Waals surface area (Å²) in [6.45, 7) is 2.25. The molecule has 0 heterocycles. The van der Waals surface area contributed by atoms with Gasteiger partial charge < -0.3 is 5.73 Å². The van der Waals surface area contributed by atoms with E-state index in [2.05, 4.69) is 37.3 Å². The number of nitrogens with two attached hydrogens (primary N) is 1. The van der Waals surface area contributed by atoms with Crippen LogP contribution in [0.2, 0.25) is 0 Å². The fourth-order valence-corrected chi connectivity index (χ4v) is 3.53. The van der Waals surface area contributed by atoms with Gasteiger partial charge >= 0.3 is 0 Å². The van der Waals surface area contributed by atoms with Crippen LogP contribution in [0.1, 0.15) is 63.9 Å². The van der Waals surface area contributed by atoms with Crippen molar-refractivity contribution in [2.45, 2.75) is 69.7 Å². The summed E-state index contributed by atoms with van der Waals surface area (Å²) in [4.78, 5) is 0. The second kappa shape index (κ2) is 6.38. The molecule has 1 nitrogen and oxygen atoms in total. The third kappa shape index (κ3) is 2.77. The number of benzene rings is 1. The molecule has 2 rings (SSSR count). The maximum Gasteiger partial charge on any atom is 0.0136 e. The zero-order valence-electron chi connectivity index (χ0n) is 11.7. The van der Waals surface area contributed by atoms with Gasteiger partial charge in [0.1, 0.15) is 0 Å². The number of hydrogen-bond acceptors (Lipinski definition) is 1. The number of rotatable bonds is 5. The van der Waals surface area contributed by atoms with Crippen molar-refractivity contribution in [2.75, 3.05) is 0 Å². The Bertz CT molecular complexity index is 338. The predicted molar refractivity (Wildman–Crippen MR) is 78.7 cm³/mol. The normalized spacial score (nSPS) is 20.6. The van der Waals surface area contributed by atoms with Crippen molar-refractivity contribution in [2.24, 2.45) is 5.73 Å². The van der Waals surface area contributed by atoms with Crippen LogP contribution in [-0.2, 0) is 5.41 Å². The van der Waals surface area contributed by atoms with Crippen LogP contribution < -0.4 is 5.73 Å². The highest BCUT2D eigenvalue weighted by molar-refractivity contribution is 5.28. The van der Waals surface area contributed by atoms with Gasteiger partial charge in [0.25, 0.3) is 0 Å². The van der Waals surface area contributed by atoms with Gasteiger partial charge in [0, 0.05) is 11.5 Å². The second-order valence-electron chi connectivity index (χ2n) is 5.83. The van der Waals surface area contributed by atoms with E-state index in [1.165, 1.54) is 56.9 Å². The fourth-order valence-electron chi connectivity index (χ4n) is 3.53. The first kappa shape index (κ1) is 13.6. The van der Waals surface area contributed by atoms with Gasteiger partial charge in [0.15, 0.2) is 0 Å². The summed E-state index contributed by atoms with van der Waals surface area (Å²) in [7, 11) is 0. The highest BCUT2D eigenvalue weighted by Crippen LogP contribution is 2.42. The molecular weight excluding hydrogens is 218 g/mol. The van der Waals surface area contributed by atoms with E-state index in [0.29, 0.717) is 6.04 Å². The van der Waals surface area contributed by atoms with Crippen LogP contribution in [0.3, 0.4) is 0 Å². The maximum absolute atomic E-state index is 6.60. The number of unbranched alkanes of at least 4 members (excludes halogenated alkanes) is 1. The van der Waals surface area contributed by atoms with E-state index in [1.807, 2.05) is 0 Å². The molecule has 0 amide bonds. The molecule has 1 fully saturated rings. The Morgan fingerprint density at radius 3 is 2.39 bits per heavy atom. The van der Waals surface area contributed by atoms with Gasteiger partial charge in [0.05, 0.1) is 0 Å². The largest absolute Gasteiger partial charge is 0.327 e. The summed E-state index contributed by atoms with van der Waals surface area (Å²) in [5, 5.41) is 0. The van der Waals surface area contributed by atoms with Crippen LogP contribution in [0.15, 0.2) is 30.3 Å². The van der Waals surface area contributed by atoms with Crippen LogP contribution in [0, 0.1) is 0 Å². The Balaban J connectivity index is 2.22. The van der Waals surface area contributed by atoms with E-state index in [9.17, 15) is 0 Å². The van der Waals surface area contributed by atoms with Gasteiger partial charge in [-0.25, -0.2) is 0 Å². The van der Waals surface area contributed by atoms with Crippen LogP contribution >= 0.6 is 0 Å². The zero-order chi connectivity index (χ0) is 12.8. The standard InChI is InChI=1S/C17H27N/c1-2-3-12-16(18)17(13-8-5-9-14-17)15-10-6-4-7-11-15/h4,6-7,10-11,16H,2-3,5,8-9,12-14,18H2,1H3. The summed E-state index contributed by atoms with van der Waals surface area (Å²) in [5.74, 6) is 0. The topological polar surface area (TPSA) is 26.0 Å². The van der Waals surface area contributed by atoms with E-state index >= 15 is 0 Å². The monoisotopic (exact) mass is 245 g/mol. The van der Waals surface area contributed by atoms with Gasteiger partial charge in [-0.2, -0.15) is 0 Å². The van der Waals surface area contributed by atoms with Crippen LogP contribution in [0.5, 0.6) is 0 Å². The summed E-state index contributed by atoms with van der Waals surface area (Å²) in [6, 6.07) is 11.3. The molecule has 1 aliphatic rings. The Morgan fingerprint density at radius 1 is 1.11 bits per heavy atom. The molecule has 1 saturated carbocycles. The minimum atomic E-state index is 0.259. The Hall–Kier alpha value is -0.820. The molecule has 0 spiro atoms. The Kier molecular flexibility index (Phi) is 4.82. The van der Waals surface area contributed by atoms with E-state index in [4.69, 9.17) is 5.73 Å². The van der Waals surface area contributed by atoms with Gasteiger partial charge in [-0.3, -0.25) is 0 Å². The molecule has 1 unspecified atom stereocenters. The van der Waals surface area contributed by atoms with Crippen LogP contribution in [0.4, 0.5) is 0 Å². The Labute approximate surface area is 112 Å². The molecule has 0 aliphatic heterocycles.